The summed E-state index contributed by atoms with van der Waals surface area (Å²) in [6.07, 6.45) is 7.28. The molecule has 2 aliphatic heterocycles. The lowest BCUT2D eigenvalue weighted by molar-refractivity contribution is -0.0721. The molecule has 0 spiro atoms. The smallest absolute Gasteiger partial charge is 0.193 e. The van der Waals surface area contributed by atoms with Crippen molar-refractivity contribution in [2.45, 2.75) is 57.7 Å². The van der Waals surface area contributed by atoms with Crippen molar-refractivity contribution in [2.24, 2.45) is 4.99 Å². The lowest BCUT2D eigenvalue weighted by Crippen LogP contribution is -2.47. The first-order chi connectivity index (χ1) is 14.2. The summed E-state index contributed by atoms with van der Waals surface area (Å²) < 4.78 is 17.3. The zero-order valence-corrected chi connectivity index (χ0v) is 18.3. The summed E-state index contributed by atoms with van der Waals surface area (Å²) in [6.45, 7) is 6.52. The SMILES string of the molecule is CN=C(NCCc1ccc(C)c(OC)c1)N1CCC(OCC2CCCCO2)CC1. The van der Waals surface area contributed by atoms with Crippen molar-refractivity contribution in [3.63, 3.8) is 0 Å². The molecule has 2 saturated heterocycles. The maximum atomic E-state index is 6.13. The van der Waals surface area contributed by atoms with Crippen molar-refractivity contribution < 1.29 is 14.2 Å². The molecule has 1 aromatic carbocycles. The largest absolute Gasteiger partial charge is 0.496 e. The van der Waals surface area contributed by atoms with Crippen LogP contribution in [0.15, 0.2) is 23.2 Å². The normalized spacial score (nSPS) is 21.3. The van der Waals surface area contributed by atoms with Gasteiger partial charge in [0.1, 0.15) is 5.75 Å². The second-order valence-electron chi connectivity index (χ2n) is 8.04. The Hall–Kier alpha value is -1.79. The molecule has 6 heteroatoms. The Bertz CT molecular complexity index is 651. The number of aryl methyl sites for hydroxylation is 1. The summed E-state index contributed by atoms with van der Waals surface area (Å²) in [5.74, 6) is 1.94. The van der Waals surface area contributed by atoms with E-state index in [9.17, 15) is 0 Å². The molecule has 2 aliphatic rings. The lowest BCUT2D eigenvalue weighted by Gasteiger charge is -2.35. The molecule has 29 heavy (non-hydrogen) atoms. The number of nitrogens with one attached hydrogen (secondary N) is 1. The third-order valence-electron chi connectivity index (χ3n) is 5.91. The van der Waals surface area contributed by atoms with Crippen LogP contribution < -0.4 is 10.1 Å². The van der Waals surface area contributed by atoms with Crippen molar-refractivity contribution in [3.8, 4) is 5.75 Å². The van der Waals surface area contributed by atoms with Crippen molar-refractivity contribution in [2.75, 3.05) is 47.0 Å². The van der Waals surface area contributed by atoms with E-state index in [0.717, 1.165) is 70.2 Å². The Balaban J connectivity index is 1.37. The molecule has 3 rings (SSSR count). The van der Waals surface area contributed by atoms with Gasteiger partial charge in [0.2, 0.25) is 0 Å². The number of piperidine rings is 1. The summed E-state index contributed by atoms with van der Waals surface area (Å²) in [6, 6.07) is 6.41. The van der Waals surface area contributed by atoms with Crippen LogP contribution in [0.5, 0.6) is 5.75 Å². The number of guanidine groups is 1. The van der Waals surface area contributed by atoms with Crippen LogP contribution >= 0.6 is 0 Å². The van der Waals surface area contributed by atoms with E-state index in [1.807, 2.05) is 7.05 Å². The highest BCUT2D eigenvalue weighted by atomic mass is 16.5. The molecule has 162 valence electrons. The molecule has 0 radical (unpaired) electrons. The number of hydrogen-bond donors (Lipinski definition) is 1. The summed E-state index contributed by atoms with van der Waals surface area (Å²) in [5.41, 5.74) is 2.44. The third-order valence-corrected chi connectivity index (χ3v) is 5.91. The minimum Gasteiger partial charge on any atom is -0.496 e. The van der Waals surface area contributed by atoms with Crippen LogP contribution in [0, 0.1) is 6.92 Å². The van der Waals surface area contributed by atoms with Gasteiger partial charge in [-0.2, -0.15) is 0 Å². The van der Waals surface area contributed by atoms with Gasteiger partial charge in [0.15, 0.2) is 5.96 Å². The van der Waals surface area contributed by atoms with Gasteiger partial charge in [0, 0.05) is 33.3 Å². The van der Waals surface area contributed by atoms with Gasteiger partial charge < -0.3 is 24.4 Å². The fourth-order valence-electron chi connectivity index (χ4n) is 4.09. The fourth-order valence-corrected chi connectivity index (χ4v) is 4.09. The molecule has 1 atom stereocenters. The van der Waals surface area contributed by atoms with E-state index in [-0.39, 0.29) is 0 Å². The quantitative estimate of drug-likeness (QED) is 0.560. The fraction of sp³-hybridized carbons (Fsp3) is 0.696. The van der Waals surface area contributed by atoms with E-state index >= 15 is 0 Å². The summed E-state index contributed by atoms with van der Waals surface area (Å²) >= 11 is 0. The van der Waals surface area contributed by atoms with Gasteiger partial charge in [-0.3, -0.25) is 4.99 Å². The number of aliphatic imine (C=N–C) groups is 1. The second-order valence-corrected chi connectivity index (χ2v) is 8.04. The number of hydrogen-bond acceptors (Lipinski definition) is 4. The number of ether oxygens (including phenoxy) is 3. The van der Waals surface area contributed by atoms with Gasteiger partial charge in [-0.15, -0.1) is 0 Å². The number of likely N-dealkylation sites (tertiary alicyclic amines) is 1. The molecule has 2 fully saturated rings. The van der Waals surface area contributed by atoms with Crippen molar-refractivity contribution in [3.05, 3.63) is 29.3 Å². The summed E-state index contributed by atoms with van der Waals surface area (Å²) in [4.78, 5) is 6.82. The Labute approximate surface area is 175 Å². The van der Waals surface area contributed by atoms with Crippen LogP contribution in [0.3, 0.4) is 0 Å². The third kappa shape index (κ3) is 6.61. The zero-order chi connectivity index (χ0) is 20.5. The van der Waals surface area contributed by atoms with Crippen LogP contribution in [0.4, 0.5) is 0 Å². The lowest BCUT2D eigenvalue weighted by atomic mass is 10.1. The Morgan fingerprint density at radius 3 is 2.76 bits per heavy atom. The van der Waals surface area contributed by atoms with E-state index in [2.05, 4.69) is 40.3 Å². The average Bonchev–Trinajstić information content (AvgIpc) is 2.77. The molecular weight excluding hydrogens is 366 g/mol. The molecule has 0 aromatic heterocycles. The van der Waals surface area contributed by atoms with Gasteiger partial charge in [-0.25, -0.2) is 0 Å². The minimum atomic E-state index is 0.302. The summed E-state index contributed by atoms with van der Waals surface area (Å²) in [7, 11) is 3.59. The highest BCUT2D eigenvalue weighted by Crippen LogP contribution is 2.20. The van der Waals surface area contributed by atoms with Crippen LogP contribution in [0.1, 0.15) is 43.2 Å². The number of rotatable bonds is 7. The Morgan fingerprint density at radius 1 is 1.24 bits per heavy atom. The van der Waals surface area contributed by atoms with Gasteiger partial charge in [0.25, 0.3) is 0 Å². The molecule has 1 N–H and O–H groups in total. The molecule has 1 unspecified atom stereocenters. The predicted molar refractivity (Wildman–Crippen MR) is 117 cm³/mol. The van der Waals surface area contributed by atoms with Crippen LogP contribution in [-0.2, 0) is 15.9 Å². The van der Waals surface area contributed by atoms with E-state index in [1.54, 1.807) is 7.11 Å². The predicted octanol–water partition coefficient (Wildman–Crippen LogP) is 3.17. The first-order valence-electron chi connectivity index (χ1n) is 11.0. The molecule has 2 heterocycles. The Morgan fingerprint density at radius 2 is 2.07 bits per heavy atom. The number of methoxy groups -OCH3 is 1. The first-order valence-corrected chi connectivity index (χ1v) is 11.0. The van der Waals surface area contributed by atoms with Crippen molar-refractivity contribution in [1.82, 2.24) is 10.2 Å². The number of nitrogens with zero attached hydrogens (tertiary/aromatic N) is 2. The molecule has 0 bridgehead atoms. The zero-order valence-electron chi connectivity index (χ0n) is 18.3. The molecule has 0 saturated carbocycles. The van der Waals surface area contributed by atoms with E-state index in [1.165, 1.54) is 24.0 Å². The average molecular weight is 404 g/mol. The molecule has 6 nitrogen and oxygen atoms in total. The standard InChI is InChI=1S/C23H37N3O3/c1-18-7-8-19(16-22(18)27-3)9-12-25-23(24-2)26-13-10-20(11-14-26)29-17-21-6-4-5-15-28-21/h7-8,16,20-21H,4-6,9-15,17H2,1-3H3,(H,24,25). The first kappa shape index (κ1) is 21.9. The van der Waals surface area contributed by atoms with Crippen LogP contribution in [-0.4, -0.2) is 70.1 Å². The van der Waals surface area contributed by atoms with Gasteiger partial charge in [-0.05, 0) is 62.6 Å². The summed E-state index contributed by atoms with van der Waals surface area (Å²) in [5, 5.41) is 3.51. The van der Waals surface area contributed by atoms with Crippen molar-refractivity contribution >= 4 is 5.96 Å². The van der Waals surface area contributed by atoms with Gasteiger partial charge >= 0.3 is 0 Å². The minimum absolute atomic E-state index is 0.302. The topological polar surface area (TPSA) is 55.3 Å². The van der Waals surface area contributed by atoms with E-state index in [0.29, 0.717) is 12.2 Å². The molecule has 0 aliphatic carbocycles. The molecule has 0 amide bonds. The van der Waals surface area contributed by atoms with Crippen LogP contribution in [0.25, 0.3) is 0 Å². The highest BCUT2D eigenvalue weighted by Gasteiger charge is 2.23. The second kappa shape index (κ2) is 11.4. The van der Waals surface area contributed by atoms with Gasteiger partial charge in [-0.1, -0.05) is 12.1 Å². The number of benzene rings is 1. The van der Waals surface area contributed by atoms with Crippen molar-refractivity contribution in [1.29, 1.82) is 0 Å². The maximum Gasteiger partial charge on any atom is 0.193 e. The van der Waals surface area contributed by atoms with Crippen LogP contribution in [0.2, 0.25) is 0 Å². The van der Waals surface area contributed by atoms with E-state index in [4.69, 9.17) is 14.2 Å². The maximum absolute atomic E-state index is 6.13. The van der Waals surface area contributed by atoms with E-state index < -0.39 is 0 Å². The monoisotopic (exact) mass is 403 g/mol. The van der Waals surface area contributed by atoms with Gasteiger partial charge in [0.05, 0.1) is 25.9 Å². The molecule has 1 aromatic rings. The Kier molecular flexibility index (Phi) is 8.62. The molecular formula is C23H37N3O3. The highest BCUT2D eigenvalue weighted by molar-refractivity contribution is 5.80.